The topological polar surface area (TPSA) is 144 Å². The zero-order chi connectivity index (χ0) is 22.4. The highest BCUT2D eigenvalue weighted by Crippen LogP contribution is 2.33. The number of tetrazole rings is 1. The van der Waals surface area contributed by atoms with Gasteiger partial charge in [-0.15, -0.1) is 0 Å². The number of carbonyl (C=O) groups excluding carboxylic acids is 1. The van der Waals surface area contributed by atoms with Gasteiger partial charge in [-0.2, -0.15) is 0 Å². The molecule has 0 bridgehead atoms. The maximum absolute atomic E-state index is 12.3. The molecule has 2 aromatic carbocycles. The smallest absolute Gasteiger partial charge is 0.269 e. The number of ketones is 1. The number of phenolic OH excluding ortho intramolecular Hbond substituents is 1. The fraction of sp³-hybridized carbons (Fsp3) is 0.300. The van der Waals surface area contributed by atoms with Crippen LogP contribution in [0.5, 0.6) is 17.2 Å². The van der Waals surface area contributed by atoms with Gasteiger partial charge in [0.2, 0.25) is 9.84 Å². The number of carbonyl (C=O) groups is 1. The summed E-state index contributed by atoms with van der Waals surface area (Å²) in [6, 6.07) is 9.03. The van der Waals surface area contributed by atoms with Crippen molar-refractivity contribution >= 4 is 15.6 Å². The second kappa shape index (κ2) is 9.56. The van der Waals surface area contributed by atoms with Crippen molar-refractivity contribution in [1.29, 1.82) is 0 Å². The van der Waals surface area contributed by atoms with Crippen molar-refractivity contribution in [1.82, 2.24) is 20.6 Å². The molecule has 0 spiro atoms. The van der Waals surface area contributed by atoms with E-state index in [2.05, 4.69) is 20.6 Å². The number of Topliss-reactive ketones (excluding diaryl/α,β-unsaturated/α-hetero) is 1. The van der Waals surface area contributed by atoms with E-state index in [-0.39, 0.29) is 40.4 Å². The summed E-state index contributed by atoms with van der Waals surface area (Å²) in [5, 5.41) is 22.2. The Morgan fingerprint density at radius 1 is 1.10 bits per heavy atom. The van der Waals surface area contributed by atoms with E-state index in [1.165, 1.54) is 37.3 Å². The van der Waals surface area contributed by atoms with Crippen molar-refractivity contribution in [2.24, 2.45) is 0 Å². The lowest BCUT2D eigenvalue weighted by atomic mass is 10.0. The van der Waals surface area contributed by atoms with Crippen molar-refractivity contribution in [3.05, 3.63) is 47.5 Å². The number of benzene rings is 2. The standard InChI is InChI=1S/C20H22N4O6S/c1-3-4-17-18(10-9-16(13(2)25)19(17)26)30-12-11-29-14-5-7-15(8-6-14)31(27,28)20-21-23-24-22-20/h5-10,26H,3-4,11-12H2,1-2H3,(H,21,22,23,24). The molecule has 0 amide bonds. The zero-order valence-electron chi connectivity index (χ0n) is 17.0. The molecule has 1 aromatic heterocycles. The second-order valence-electron chi connectivity index (χ2n) is 6.62. The lowest BCUT2D eigenvalue weighted by Gasteiger charge is -2.15. The number of phenols is 1. The minimum Gasteiger partial charge on any atom is -0.507 e. The van der Waals surface area contributed by atoms with E-state index in [0.29, 0.717) is 23.5 Å². The quantitative estimate of drug-likeness (QED) is 0.354. The SMILES string of the molecule is CCCc1c(OCCOc2ccc(S(=O)(=O)c3nnn[nH]3)cc2)ccc(C(C)=O)c1O. The number of hydrogen-bond donors (Lipinski definition) is 2. The number of rotatable bonds is 10. The summed E-state index contributed by atoms with van der Waals surface area (Å²) in [7, 11) is -3.82. The molecule has 0 aliphatic heterocycles. The fourth-order valence-electron chi connectivity index (χ4n) is 2.93. The summed E-state index contributed by atoms with van der Waals surface area (Å²) in [5.74, 6) is 0.693. The first-order valence-electron chi connectivity index (χ1n) is 9.54. The monoisotopic (exact) mass is 446 g/mol. The summed E-state index contributed by atoms with van der Waals surface area (Å²) in [5.41, 5.74) is 0.856. The molecular weight excluding hydrogens is 424 g/mol. The molecule has 0 fully saturated rings. The van der Waals surface area contributed by atoms with Crippen LogP contribution in [0, 0.1) is 0 Å². The van der Waals surface area contributed by atoms with Crippen LogP contribution in [0.3, 0.4) is 0 Å². The third-order valence-electron chi connectivity index (χ3n) is 4.44. The van der Waals surface area contributed by atoms with Crippen molar-refractivity contribution in [2.45, 2.75) is 36.7 Å². The van der Waals surface area contributed by atoms with Crippen LogP contribution in [0.1, 0.15) is 36.2 Å². The molecule has 0 saturated heterocycles. The number of nitrogens with zero attached hydrogens (tertiary/aromatic N) is 3. The Balaban J connectivity index is 1.60. The van der Waals surface area contributed by atoms with Gasteiger partial charge < -0.3 is 14.6 Å². The molecule has 3 aromatic rings. The van der Waals surface area contributed by atoms with Gasteiger partial charge >= 0.3 is 0 Å². The van der Waals surface area contributed by atoms with E-state index < -0.39 is 9.84 Å². The first kappa shape index (κ1) is 22.2. The number of H-pyrrole nitrogens is 1. The highest BCUT2D eigenvalue weighted by molar-refractivity contribution is 7.91. The van der Waals surface area contributed by atoms with Crippen LogP contribution in [0.2, 0.25) is 0 Å². The Kier molecular flexibility index (Phi) is 6.85. The first-order valence-corrected chi connectivity index (χ1v) is 11.0. The molecular formula is C20H22N4O6S. The van der Waals surface area contributed by atoms with Gasteiger partial charge in [-0.25, -0.2) is 13.5 Å². The van der Waals surface area contributed by atoms with Crippen LogP contribution < -0.4 is 9.47 Å². The lowest BCUT2D eigenvalue weighted by Crippen LogP contribution is -2.11. The second-order valence-corrected chi connectivity index (χ2v) is 8.49. The zero-order valence-corrected chi connectivity index (χ0v) is 17.8. The summed E-state index contributed by atoms with van der Waals surface area (Å²) >= 11 is 0. The molecule has 2 N–H and O–H groups in total. The Bertz CT molecular complexity index is 1150. The molecule has 0 saturated carbocycles. The predicted molar refractivity (Wildman–Crippen MR) is 109 cm³/mol. The number of aromatic amines is 1. The van der Waals surface area contributed by atoms with Gasteiger partial charge in [0.05, 0.1) is 10.5 Å². The van der Waals surface area contributed by atoms with E-state index in [4.69, 9.17) is 9.47 Å². The Morgan fingerprint density at radius 3 is 2.42 bits per heavy atom. The summed E-state index contributed by atoms with van der Waals surface area (Å²) in [4.78, 5) is 11.7. The van der Waals surface area contributed by atoms with E-state index in [1.54, 1.807) is 6.07 Å². The summed E-state index contributed by atoms with van der Waals surface area (Å²) in [6.07, 6.45) is 1.35. The van der Waals surface area contributed by atoms with Gasteiger partial charge in [0.1, 0.15) is 30.5 Å². The number of sulfone groups is 1. The van der Waals surface area contributed by atoms with Crippen LogP contribution in [0.25, 0.3) is 0 Å². The van der Waals surface area contributed by atoms with Crippen molar-refractivity contribution in [3.8, 4) is 17.2 Å². The van der Waals surface area contributed by atoms with E-state index in [0.717, 1.165) is 6.42 Å². The molecule has 11 heteroatoms. The molecule has 164 valence electrons. The third-order valence-corrected chi connectivity index (χ3v) is 6.02. The van der Waals surface area contributed by atoms with Crippen LogP contribution >= 0.6 is 0 Å². The average Bonchev–Trinajstić information content (AvgIpc) is 3.29. The minimum atomic E-state index is -3.82. The Morgan fingerprint density at radius 2 is 1.81 bits per heavy atom. The van der Waals surface area contributed by atoms with Crippen molar-refractivity contribution < 1.29 is 27.8 Å². The first-order chi connectivity index (χ1) is 14.8. The molecule has 0 aliphatic carbocycles. The number of hydrogen-bond acceptors (Lipinski definition) is 9. The fourth-order valence-corrected chi connectivity index (χ4v) is 3.95. The average molecular weight is 446 g/mol. The molecule has 3 rings (SSSR count). The maximum atomic E-state index is 12.3. The number of nitrogens with one attached hydrogen (secondary N) is 1. The molecule has 1 heterocycles. The normalized spacial score (nSPS) is 11.3. The minimum absolute atomic E-state index is 0.0277. The molecule has 0 radical (unpaired) electrons. The molecule has 31 heavy (non-hydrogen) atoms. The van der Waals surface area contributed by atoms with Gasteiger partial charge in [-0.1, -0.05) is 18.4 Å². The van der Waals surface area contributed by atoms with Gasteiger partial charge in [-0.05, 0) is 60.2 Å². The molecule has 0 aliphatic rings. The van der Waals surface area contributed by atoms with Crippen LogP contribution in [-0.2, 0) is 16.3 Å². The van der Waals surface area contributed by atoms with E-state index in [9.17, 15) is 18.3 Å². The Labute approximate surface area is 179 Å². The van der Waals surface area contributed by atoms with Crippen molar-refractivity contribution in [3.63, 3.8) is 0 Å². The van der Waals surface area contributed by atoms with Gasteiger partial charge in [0.25, 0.3) is 5.16 Å². The predicted octanol–water partition coefficient (Wildman–Crippen LogP) is 2.35. The maximum Gasteiger partial charge on any atom is 0.269 e. The highest BCUT2D eigenvalue weighted by Gasteiger charge is 2.21. The molecule has 0 unspecified atom stereocenters. The van der Waals surface area contributed by atoms with Crippen molar-refractivity contribution in [2.75, 3.05) is 13.2 Å². The number of aromatic nitrogens is 4. The summed E-state index contributed by atoms with van der Waals surface area (Å²) in [6.45, 7) is 3.76. The van der Waals surface area contributed by atoms with Gasteiger partial charge in [-0.3, -0.25) is 4.79 Å². The van der Waals surface area contributed by atoms with E-state index >= 15 is 0 Å². The molecule has 10 nitrogen and oxygen atoms in total. The van der Waals surface area contributed by atoms with Crippen LogP contribution in [0.4, 0.5) is 0 Å². The largest absolute Gasteiger partial charge is 0.507 e. The molecule has 0 atom stereocenters. The Hall–Kier alpha value is -3.47. The van der Waals surface area contributed by atoms with E-state index in [1.807, 2.05) is 6.92 Å². The lowest BCUT2D eigenvalue weighted by molar-refractivity contribution is 0.101. The number of ether oxygens (including phenoxy) is 2. The van der Waals surface area contributed by atoms with Crippen LogP contribution in [0.15, 0.2) is 46.5 Å². The third kappa shape index (κ3) is 5.00. The summed E-state index contributed by atoms with van der Waals surface area (Å²) < 4.78 is 36.0. The van der Waals surface area contributed by atoms with Crippen LogP contribution in [-0.4, -0.2) is 53.1 Å². The highest BCUT2D eigenvalue weighted by atomic mass is 32.2. The number of aromatic hydroxyl groups is 1. The van der Waals surface area contributed by atoms with Gasteiger partial charge in [0, 0.05) is 5.56 Å². The van der Waals surface area contributed by atoms with Gasteiger partial charge in [0.15, 0.2) is 5.78 Å².